The van der Waals surface area contributed by atoms with Crippen LogP contribution in [0, 0.1) is 11.8 Å². The summed E-state index contributed by atoms with van der Waals surface area (Å²) >= 11 is 1.14. The van der Waals surface area contributed by atoms with Crippen LogP contribution in [0.5, 0.6) is 0 Å². The van der Waals surface area contributed by atoms with Gasteiger partial charge in [0.1, 0.15) is 0 Å². The maximum Gasteiger partial charge on any atom is 0.417 e. The lowest BCUT2D eigenvalue weighted by Gasteiger charge is -2.34. The summed E-state index contributed by atoms with van der Waals surface area (Å²) in [4.78, 5) is 19.3. The van der Waals surface area contributed by atoms with Gasteiger partial charge in [0, 0.05) is 92.2 Å². The van der Waals surface area contributed by atoms with E-state index in [0.717, 1.165) is 94.5 Å². The normalized spacial score (nSPS) is 22.4. The van der Waals surface area contributed by atoms with Crippen molar-refractivity contribution >= 4 is 27.7 Å². The number of thioether (sulfide) groups is 1. The summed E-state index contributed by atoms with van der Waals surface area (Å²) < 4.78 is 70.8. The van der Waals surface area contributed by atoms with E-state index < -0.39 is 27.9 Å². The number of β-amino-alcohol motifs (C(OH)–C–C–N with tert-alkyl or cyclic N) is 1. The lowest BCUT2D eigenvalue weighted by atomic mass is 9.95. The molecule has 16 heteroatoms. The first-order chi connectivity index (χ1) is 24.3. The molecule has 0 spiro atoms. The van der Waals surface area contributed by atoms with Crippen LogP contribution in [-0.2, 0) is 40.5 Å². The monoisotopic (exact) mass is 756 g/mol. The van der Waals surface area contributed by atoms with Crippen LogP contribution < -0.4 is 0 Å². The van der Waals surface area contributed by atoms with Gasteiger partial charge in [0.15, 0.2) is 0 Å². The molecule has 1 aromatic carbocycles. The number of piperidine rings is 2. The summed E-state index contributed by atoms with van der Waals surface area (Å²) in [5.74, 6) is 0.890. The average molecular weight is 757 g/mol. The van der Waals surface area contributed by atoms with Gasteiger partial charge in [-0.1, -0.05) is 6.07 Å². The van der Waals surface area contributed by atoms with Crippen LogP contribution in [0.15, 0.2) is 23.1 Å². The molecule has 0 aliphatic carbocycles. The minimum atomic E-state index is -4.56. The number of nitrogens with zero attached hydrogens (tertiary/aromatic N) is 6. The highest BCUT2D eigenvalue weighted by Gasteiger charge is 2.36. The van der Waals surface area contributed by atoms with Gasteiger partial charge in [0.25, 0.3) is 0 Å². The third-order valence-corrected chi connectivity index (χ3v) is 13.1. The minimum absolute atomic E-state index is 0.0187. The molecule has 3 saturated heterocycles. The minimum Gasteiger partial charge on any atom is -0.396 e. The van der Waals surface area contributed by atoms with Gasteiger partial charge in [-0.15, -0.1) is 11.8 Å². The van der Waals surface area contributed by atoms with Crippen molar-refractivity contribution in [1.29, 1.82) is 0 Å². The molecular weight excluding hydrogens is 706 g/mol. The van der Waals surface area contributed by atoms with Crippen molar-refractivity contribution in [3.63, 3.8) is 0 Å². The Kier molecular flexibility index (Phi) is 12.4. The number of amides is 1. The van der Waals surface area contributed by atoms with Crippen LogP contribution in [-0.4, -0.2) is 137 Å². The zero-order valence-corrected chi connectivity index (χ0v) is 31.0. The smallest absolute Gasteiger partial charge is 0.396 e. The fourth-order valence-electron chi connectivity index (χ4n) is 8.06. The number of aliphatic hydroxyl groups excluding tert-OH is 2. The zero-order chi connectivity index (χ0) is 36.3. The van der Waals surface area contributed by atoms with Gasteiger partial charge >= 0.3 is 6.18 Å². The predicted molar refractivity (Wildman–Crippen MR) is 190 cm³/mol. The molecule has 11 nitrogen and oxygen atoms in total. The van der Waals surface area contributed by atoms with E-state index in [1.165, 1.54) is 16.4 Å². The van der Waals surface area contributed by atoms with Gasteiger partial charge in [0.2, 0.25) is 15.9 Å². The Morgan fingerprint density at radius 2 is 1.76 bits per heavy atom. The van der Waals surface area contributed by atoms with E-state index in [-0.39, 0.29) is 48.9 Å². The van der Waals surface area contributed by atoms with Crippen molar-refractivity contribution in [2.45, 2.75) is 75.2 Å². The maximum atomic E-state index is 14.2. The standard InChI is InChI=1S/C35H51F3N6O5S2/c1-51(48,49)43-16-10-31-29(23-43)33(39-44(31)22-28(46)21-41-14-8-26(9-15-41)34(47)42-12-2-3-13-42)27-6-7-30(35(36,37)38)32(19-27)50-18-17-40-11-4-5-25(20-40)24-45/h6-7,19,25-26,28,45-46H,2-5,8-18,20-24H2,1H3. The van der Waals surface area contributed by atoms with Crippen molar-refractivity contribution in [1.82, 2.24) is 28.8 Å². The zero-order valence-electron chi connectivity index (χ0n) is 29.4. The lowest BCUT2D eigenvalue weighted by molar-refractivity contribution is -0.139. The van der Waals surface area contributed by atoms with Crippen LogP contribution in [0.2, 0.25) is 0 Å². The largest absolute Gasteiger partial charge is 0.417 e. The van der Waals surface area contributed by atoms with E-state index in [9.17, 15) is 36.6 Å². The molecule has 3 fully saturated rings. The summed E-state index contributed by atoms with van der Waals surface area (Å²) in [6.07, 6.45) is 1.68. The number of halogens is 3. The number of aliphatic hydroxyl groups is 2. The predicted octanol–water partition coefficient (Wildman–Crippen LogP) is 3.38. The Morgan fingerprint density at radius 1 is 1.02 bits per heavy atom. The number of benzene rings is 1. The quantitative estimate of drug-likeness (QED) is 0.314. The van der Waals surface area contributed by atoms with Gasteiger partial charge in [-0.3, -0.25) is 9.48 Å². The Bertz CT molecular complexity index is 1630. The molecule has 1 aromatic heterocycles. The van der Waals surface area contributed by atoms with Crippen molar-refractivity contribution in [3.8, 4) is 11.3 Å². The fourth-order valence-corrected chi connectivity index (χ4v) is 9.96. The highest BCUT2D eigenvalue weighted by molar-refractivity contribution is 7.99. The fraction of sp³-hybridized carbons (Fsp3) is 0.714. The van der Waals surface area contributed by atoms with E-state index in [2.05, 4.69) is 9.80 Å². The third-order valence-electron chi connectivity index (χ3n) is 10.9. The summed E-state index contributed by atoms with van der Waals surface area (Å²) in [6.45, 7) is 6.21. The van der Waals surface area contributed by atoms with E-state index in [1.807, 2.05) is 4.90 Å². The summed E-state index contributed by atoms with van der Waals surface area (Å²) in [5.41, 5.74) is 1.57. The third kappa shape index (κ3) is 9.48. The molecule has 2 atom stereocenters. The number of sulfonamides is 1. The molecule has 4 aliphatic heterocycles. The molecule has 1 amide bonds. The molecule has 2 unspecified atom stereocenters. The van der Waals surface area contributed by atoms with Gasteiger partial charge in [-0.25, -0.2) is 8.42 Å². The molecule has 6 rings (SSSR count). The van der Waals surface area contributed by atoms with Crippen LogP contribution in [0.25, 0.3) is 11.3 Å². The van der Waals surface area contributed by atoms with Crippen LogP contribution in [0.4, 0.5) is 13.2 Å². The van der Waals surface area contributed by atoms with Gasteiger partial charge in [-0.2, -0.15) is 22.6 Å². The second-order valence-corrected chi connectivity index (χ2v) is 17.7. The van der Waals surface area contributed by atoms with Gasteiger partial charge in [0.05, 0.1) is 30.2 Å². The lowest BCUT2D eigenvalue weighted by Crippen LogP contribution is -2.44. The number of aromatic nitrogens is 2. The Labute approximate surface area is 303 Å². The van der Waals surface area contributed by atoms with Crippen molar-refractivity contribution in [2.24, 2.45) is 11.8 Å². The van der Waals surface area contributed by atoms with E-state index in [4.69, 9.17) is 5.10 Å². The first-order valence-corrected chi connectivity index (χ1v) is 21.0. The molecule has 2 N–H and O–H groups in total. The topological polar surface area (TPSA) is 122 Å². The Balaban J connectivity index is 1.19. The van der Waals surface area contributed by atoms with E-state index in [1.54, 1.807) is 4.68 Å². The number of likely N-dealkylation sites (tertiary alicyclic amines) is 3. The van der Waals surface area contributed by atoms with Gasteiger partial charge < -0.3 is 24.9 Å². The van der Waals surface area contributed by atoms with Crippen LogP contribution in [0.3, 0.4) is 0 Å². The van der Waals surface area contributed by atoms with Crippen molar-refractivity contribution in [2.75, 3.05) is 77.5 Å². The number of carbonyl (C=O) groups excluding carboxylic acids is 1. The number of carbonyl (C=O) groups is 1. The van der Waals surface area contributed by atoms with E-state index in [0.29, 0.717) is 55.2 Å². The highest BCUT2D eigenvalue weighted by atomic mass is 32.2. The maximum absolute atomic E-state index is 14.2. The summed E-state index contributed by atoms with van der Waals surface area (Å²) in [5, 5.41) is 25.7. The summed E-state index contributed by atoms with van der Waals surface area (Å²) in [7, 11) is -3.54. The number of fused-ring (bicyclic) bond motifs is 1. The Hall–Kier alpha value is -2.21. The number of alkyl halides is 3. The number of rotatable bonds is 12. The molecule has 0 saturated carbocycles. The Morgan fingerprint density at radius 3 is 2.45 bits per heavy atom. The SMILES string of the molecule is CS(=O)(=O)N1CCc2c(c(-c3ccc(C(F)(F)F)c(SCCN4CCCC(CO)C4)c3)nn2CC(O)CN2CCC(C(=O)N3CCCC3)CC2)C1. The molecule has 51 heavy (non-hydrogen) atoms. The molecule has 284 valence electrons. The van der Waals surface area contributed by atoms with E-state index >= 15 is 0 Å². The number of hydrogen-bond acceptors (Lipinski definition) is 9. The van der Waals surface area contributed by atoms with Crippen LogP contribution >= 0.6 is 11.8 Å². The van der Waals surface area contributed by atoms with Gasteiger partial charge in [-0.05, 0) is 76.2 Å². The molecule has 5 heterocycles. The molecule has 2 aromatic rings. The highest BCUT2D eigenvalue weighted by Crippen LogP contribution is 2.40. The second-order valence-electron chi connectivity index (χ2n) is 14.6. The van der Waals surface area contributed by atoms with Crippen molar-refractivity contribution < 1.29 is 36.6 Å². The molecule has 0 radical (unpaired) electrons. The number of hydrogen-bond donors (Lipinski definition) is 2. The average Bonchev–Trinajstić information content (AvgIpc) is 3.76. The molecule has 4 aliphatic rings. The second kappa shape index (κ2) is 16.4. The first kappa shape index (κ1) is 38.5. The van der Waals surface area contributed by atoms with Crippen molar-refractivity contribution in [3.05, 3.63) is 35.0 Å². The first-order valence-electron chi connectivity index (χ1n) is 18.2. The van der Waals surface area contributed by atoms with Crippen LogP contribution in [0.1, 0.15) is 55.3 Å². The molecule has 0 bridgehead atoms. The summed E-state index contributed by atoms with van der Waals surface area (Å²) in [6, 6.07) is 3.99. The molecular formula is C35H51F3N6O5S2.